The molecule has 7 heteroatoms. The number of methoxy groups -OCH3 is 1. The van der Waals surface area contributed by atoms with Gasteiger partial charge < -0.3 is 14.5 Å². The largest absolute Gasteiger partial charge is 0.497 e. The van der Waals surface area contributed by atoms with Crippen LogP contribution >= 0.6 is 0 Å². The zero-order valence-corrected chi connectivity index (χ0v) is 21.2. The highest BCUT2D eigenvalue weighted by Gasteiger charge is 2.23. The Hall–Kier alpha value is -3.84. The number of nitrogens with one attached hydrogen (secondary N) is 1. The van der Waals surface area contributed by atoms with Crippen LogP contribution < -0.4 is 15.6 Å². The topological polar surface area (TPSA) is 76.7 Å². The molecule has 2 aromatic heterocycles. The van der Waals surface area contributed by atoms with Crippen LogP contribution in [0, 0.1) is 0 Å². The molecule has 0 radical (unpaired) electrons. The molecule has 192 valence electrons. The van der Waals surface area contributed by atoms with E-state index in [1.165, 1.54) is 30.3 Å². The summed E-state index contributed by atoms with van der Waals surface area (Å²) in [5.74, 6) is 1.49. The molecule has 1 N–H and O–H groups in total. The SMILES string of the molecule is COc1ccc(-n2cc(C(=O)NCCCN(Cc3ccco3)C3CCCC3)c3ccccc3c2=O)cc1. The zero-order valence-electron chi connectivity index (χ0n) is 21.2. The maximum Gasteiger partial charge on any atom is 0.262 e. The van der Waals surface area contributed by atoms with Crippen molar-refractivity contribution in [2.24, 2.45) is 0 Å². The number of ether oxygens (including phenoxy) is 1. The Morgan fingerprint density at radius 2 is 1.81 bits per heavy atom. The zero-order chi connectivity index (χ0) is 25.6. The first kappa shape index (κ1) is 24.8. The van der Waals surface area contributed by atoms with Crippen molar-refractivity contribution >= 4 is 16.7 Å². The summed E-state index contributed by atoms with van der Waals surface area (Å²) in [5, 5.41) is 4.25. The van der Waals surface area contributed by atoms with Crippen molar-refractivity contribution in [1.29, 1.82) is 0 Å². The summed E-state index contributed by atoms with van der Waals surface area (Å²) in [5.41, 5.74) is 0.993. The second-order valence-corrected chi connectivity index (χ2v) is 9.56. The monoisotopic (exact) mass is 499 g/mol. The van der Waals surface area contributed by atoms with Crippen molar-refractivity contribution < 1.29 is 13.9 Å². The molecule has 1 aliphatic carbocycles. The molecule has 0 unspecified atom stereocenters. The smallest absolute Gasteiger partial charge is 0.262 e. The van der Waals surface area contributed by atoms with E-state index in [1.54, 1.807) is 37.8 Å². The van der Waals surface area contributed by atoms with Gasteiger partial charge in [0.05, 0.1) is 25.5 Å². The number of amides is 1. The van der Waals surface area contributed by atoms with Gasteiger partial charge in [-0.3, -0.25) is 19.1 Å². The van der Waals surface area contributed by atoms with Gasteiger partial charge in [0, 0.05) is 41.8 Å². The van der Waals surface area contributed by atoms with Gasteiger partial charge in [-0.05, 0) is 61.7 Å². The Bertz CT molecular complexity index is 1390. The van der Waals surface area contributed by atoms with Crippen molar-refractivity contribution in [3.63, 3.8) is 0 Å². The van der Waals surface area contributed by atoms with E-state index in [9.17, 15) is 9.59 Å². The molecule has 0 spiro atoms. The molecule has 7 nitrogen and oxygen atoms in total. The predicted molar refractivity (Wildman–Crippen MR) is 144 cm³/mol. The molecule has 1 amide bonds. The summed E-state index contributed by atoms with van der Waals surface area (Å²) in [7, 11) is 1.60. The number of benzene rings is 2. The Balaban J connectivity index is 1.31. The number of furan rings is 1. The number of hydrogen-bond donors (Lipinski definition) is 1. The summed E-state index contributed by atoms with van der Waals surface area (Å²) >= 11 is 0. The number of nitrogens with zero attached hydrogens (tertiary/aromatic N) is 2. The summed E-state index contributed by atoms with van der Waals surface area (Å²) in [4.78, 5) is 29.1. The van der Waals surface area contributed by atoms with Gasteiger partial charge in [0.2, 0.25) is 0 Å². The molecular weight excluding hydrogens is 466 g/mol. The van der Waals surface area contributed by atoms with Crippen LogP contribution in [0.3, 0.4) is 0 Å². The molecular formula is C30H33N3O4. The van der Waals surface area contributed by atoms with Gasteiger partial charge in [-0.25, -0.2) is 0 Å². The number of hydrogen-bond acceptors (Lipinski definition) is 5. The number of fused-ring (bicyclic) bond motifs is 1. The van der Waals surface area contributed by atoms with Gasteiger partial charge in [-0.1, -0.05) is 31.0 Å². The van der Waals surface area contributed by atoms with E-state index in [0.29, 0.717) is 40.4 Å². The van der Waals surface area contributed by atoms with E-state index in [2.05, 4.69) is 10.2 Å². The van der Waals surface area contributed by atoms with Crippen molar-refractivity contribution in [1.82, 2.24) is 14.8 Å². The minimum absolute atomic E-state index is 0.164. The van der Waals surface area contributed by atoms with E-state index >= 15 is 0 Å². The van der Waals surface area contributed by atoms with Crippen LogP contribution in [0.5, 0.6) is 5.75 Å². The third-order valence-electron chi connectivity index (χ3n) is 7.21. The van der Waals surface area contributed by atoms with Crippen LogP contribution in [0.2, 0.25) is 0 Å². The lowest BCUT2D eigenvalue weighted by atomic mass is 10.1. The Kier molecular flexibility index (Phi) is 7.70. The van der Waals surface area contributed by atoms with E-state index in [4.69, 9.17) is 9.15 Å². The second kappa shape index (κ2) is 11.5. The van der Waals surface area contributed by atoms with Crippen LogP contribution in [-0.2, 0) is 6.54 Å². The van der Waals surface area contributed by atoms with Gasteiger partial charge in [0.1, 0.15) is 11.5 Å². The molecule has 1 aliphatic rings. The Labute approximate surface area is 216 Å². The van der Waals surface area contributed by atoms with E-state index in [-0.39, 0.29) is 11.5 Å². The van der Waals surface area contributed by atoms with Crippen LogP contribution in [-0.4, -0.2) is 41.6 Å². The summed E-state index contributed by atoms with van der Waals surface area (Å²) in [6.07, 6.45) is 9.17. The van der Waals surface area contributed by atoms with Crippen molar-refractivity contribution in [3.05, 3.63) is 94.8 Å². The fraction of sp³-hybridized carbons (Fsp3) is 0.333. The maximum atomic E-state index is 13.3. The number of pyridine rings is 1. The molecule has 1 saturated carbocycles. The third kappa shape index (κ3) is 5.62. The quantitative estimate of drug-likeness (QED) is 0.305. The minimum Gasteiger partial charge on any atom is -0.497 e. The standard InChI is InChI=1S/C30H33N3O4/c1-36-24-15-13-23(14-16-24)33-21-28(26-11-4-5-12-27(26)30(33)35)29(34)31-17-7-18-32(22-8-2-3-9-22)20-25-10-6-19-37-25/h4-6,10-16,19,21-22H,2-3,7-9,17-18,20H2,1H3,(H,31,34). The number of carbonyl (C=O) groups excluding carboxylic acids is 1. The molecule has 0 atom stereocenters. The van der Waals surface area contributed by atoms with E-state index in [0.717, 1.165) is 25.3 Å². The first-order valence-corrected chi connectivity index (χ1v) is 13.0. The van der Waals surface area contributed by atoms with Crippen molar-refractivity contribution in [2.75, 3.05) is 20.2 Å². The van der Waals surface area contributed by atoms with Gasteiger partial charge >= 0.3 is 0 Å². The first-order chi connectivity index (χ1) is 18.1. The highest BCUT2D eigenvalue weighted by Crippen LogP contribution is 2.25. The average Bonchev–Trinajstić information content (AvgIpc) is 3.66. The van der Waals surface area contributed by atoms with Gasteiger partial charge in [0.25, 0.3) is 11.5 Å². The molecule has 0 saturated heterocycles. The molecule has 5 rings (SSSR count). The number of rotatable bonds is 10. The lowest BCUT2D eigenvalue weighted by Crippen LogP contribution is -2.35. The maximum absolute atomic E-state index is 13.3. The molecule has 37 heavy (non-hydrogen) atoms. The van der Waals surface area contributed by atoms with Crippen LogP contribution in [0.4, 0.5) is 0 Å². The van der Waals surface area contributed by atoms with Crippen LogP contribution in [0.1, 0.15) is 48.2 Å². The van der Waals surface area contributed by atoms with Gasteiger partial charge in [-0.15, -0.1) is 0 Å². The molecule has 1 fully saturated rings. The van der Waals surface area contributed by atoms with Gasteiger partial charge in [-0.2, -0.15) is 0 Å². The summed E-state index contributed by atoms with van der Waals surface area (Å²) in [6.45, 7) is 2.23. The van der Waals surface area contributed by atoms with E-state index in [1.807, 2.05) is 42.5 Å². The molecule has 2 heterocycles. The van der Waals surface area contributed by atoms with Crippen LogP contribution in [0.15, 0.2) is 82.3 Å². The second-order valence-electron chi connectivity index (χ2n) is 9.56. The molecule has 0 bridgehead atoms. The first-order valence-electron chi connectivity index (χ1n) is 13.0. The highest BCUT2D eigenvalue weighted by molar-refractivity contribution is 6.06. The van der Waals surface area contributed by atoms with Crippen molar-refractivity contribution in [2.45, 2.75) is 44.7 Å². The fourth-order valence-electron chi connectivity index (χ4n) is 5.25. The molecule has 4 aromatic rings. The normalized spacial score (nSPS) is 13.9. The molecule has 0 aliphatic heterocycles. The third-order valence-corrected chi connectivity index (χ3v) is 7.21. The summed E-state index contributed by atoms with van der Waals surface area (Å²) < 4.78 is 12.4. The fourth-order valence-corrected chi connectivity index (χ4v) is 5.25. The number of aromatic nitrogens is 1. The number of carbonyl (C=O) groups is 1. The Morgan fingerprint density at radius 1 is 1.05 bits per heavy atom. The lowest BCUT2D eigenvalue weighted by Gasteiger charge is -2.28. The predicted octanol–water partition coefficient (Wildman–Crippen LogP) is 5.16. The Morgan fingerprint density at radius 3 is 2.51 bits per heavy atom. The molecule has 2 aromatic carbocycles. The minimum atomic E-state index is -0.183. The van der Waals surface area contributed by atoms with Gasteiger partial charge in [0.15, 0.2) is 0 Å². The van der Waals surface area contributed by atoms with Crippen LogP contribution in [0.25, 0.3) is 16.5 Å². The summed E-state index contributed by atoms with van der Waals surface area (Å²) in [6, 6.07) is 19.0. The van der Waals surface area contributed by atoms with Crippen molar-refractivity contribution in [3.8, 4) is 11.4 Å². The lowest BCUT2D eigenvalue weighted by molar-refractivity contribution is 0.0950. The van der Waals surface area contributed by atoms with E-state index < -0.39 is 0 Å². The average molecular weight is 500 g/mol. The highest BCUT2D eigenvalue weighted by atomic mass is 16.5.